The molecule has 1 aromatic heterocycles. The highest BCUT2D eigenvalue weighted by Gasteiger charge is 2.38. The molecule has 0 fully saturated rings. The minimum Gasteiger partial charge on any atom is -0.480 e. The number of carbonyl (C=O) groups is 1. The predicted molar refractivity (Wildman–Crippen MR) is 124 cm³/mol. The second-order valence-electron chi connectivity index (χ2n) is 7.47. The fourth-order valence-electron chi connectivity index (χ4n) is 3.20. The summed E-state index contributed by atoms with van der Waals surface area (Å²) in [7, 11) is -4.12. The Kier molecular flexibility index (Phi) is 7.65. The van der Waals surface area contributed by atoms with Crippen molar-refractivity contribution in [1.29, 1.82) is 0 Å². The second kappa shape index (κ2) is 10.2. The topological polar surface area (TPSA) is 96.8 Å². The smallest absolute Gasteiger partial charge is 0.322 e. The molecule has 0 aliphatic carbocycles. The quantitative estimate of drug-likeness (QED) is 0.431. The average Bonchev–Trinajstić information content (AvgIpc) is 2.75. The molecule has 32 heavy (non-hydrogen) atoms. The van der Waals surface area contributed by atoms with Crippen molar-refractivity contribution in [2.75, 3.05) is 0 Å². The van der Waals surface area contributed by atoms with Crippen molar-refractivity contribution < 1.29 is 23.1 Å². The van der Waals surface area contributed by atoms with Gasteiger partial charge in [0.15, 0.2) is 0 Å². The van der Waals surface area contributed by atoms with Crippen LogP contribution in [0.3, 0.4) is 0 Å². The standard InChI is InChI=1S/C23H23BrN2O5S/c1-16(2)22(23(27)28)26(15-17-4-3-13-25-14-17)32(29,30)21-11-9-20(10-12-21)31-19-7-5-18(24)6-8-19/h3-14,16,22H,15H2,1-2H3,(H,27,28)/t22-/m0/s1. The number of aliphatic carboxylic acids is 1. The Labute approximate surface area is 195 Å². The maximum absolute atomic E-state index is 13.5. The molecular weight excluding hydrogens is 496 g/mol. The number of halogens is 1. The van der Waals surface area contributed by atoms with Crippen molar-refractivity contribution in [3.05, 3.63) is 83.1 Å². The van der Waals surface area contributed by atoms with Crippen LogP contribution in [0.15, 0.2) is 82.4 Å². The number of carboxylic acids is 1. The van der Waals surface area contributed by atoms with Gasteiger partial charge in [0.2, 0.25) is 10.0 Å². The van der Waals surface area contributed by atoms with Crippen molar-refractivity contribution in [3.8, 4) is 11.5 Å². The van der Waals surface area contributed by atoms with Gasteiger partial charge < -0.3 is 9.84 Å². The summed E-state index contributed by atoms with van der Waals surface area (Å²) in [6, 6.07) is 15.3. The minimum atomic E-state index is -4.12. The minimum absolute atomic E-state index is 0.0172. The number of nitrogens with zero attached hydrogens (tertiary/aromatic N) is 2. The van der Waals surface area contributed by atoms with Crippen LogP contribution >= 0.6 is 15.9 Å². The maximum atomic E-state index is 13.5. The highest BCUT2D eigenvalue weighted by Crippen LogP contribution is 2.28. The number of rotatable bonds is 9. The molecule has 0 aliphatic rings. The van der Waals surface area contributed by atoms with Gasteiger partial charge in [-0.15, -0.1) is 0 Å². The average molecular weight is 519 g/mol. The van der Waals surface area contributed by atoms with Gasteiger partial charge in [0.1, 0.15) is 17.5 Å². The molecule has 1 heterocycles. The third-order valence-electron chi connectivity index (χ3n) is 4.74. The molecule has 0 bridgehead atoms. The number of hydrogen-bond donors (Lipinski definition) is 1. The third kappa shape index (κ3) is 5.73. The van der Waals surface area contributed by atoms with E-state index in [4.69, 9.17) is 4.74 Å². The first kappa shape index (κ1) is 23.9. The summed E-state index contributed by atoms with van der Waals surface area (Å²) in [5, 5.41) is 9.78. The zero-order valence-electron chi connectivity index (χ0n) is 17.6. The SMILES string of the molecule is CC(C)[C@@H](C(=O)O)N(Cc1cccnc1)S(=O)(=O)c1ccc(Oc2ccc(Br)cc2)cc1. The number of hydrogen-bond acceptors (Lipinski definition) is 5. The van der Waals surface area contributed by atoms with E-state index in [1.807, 2.05) is 12.1 Å². The Morgan fingerprint density at radius 1 is 1.06 bits per heavy atom. The van der Waals surface area contributed by atoms with Gasteiger partial charge in [-0.2, -0.15) is 4.31 Å². The van der Waals surface area contributed by atoms with E-state index in [0.29, 0.717) is 17.1 Å². The monoisotopic (exact) mass is 518 g/mol. The first-order valence-electron chi connectivity index (χ1n) is 9.85. The van der Waals surface area contributed by atoms with Crippen LogP contribution in [0.25, 0.3) is 0 Å². The van der Waals surface area contributed by atoms with Crippen molar-refractivity contribution in [2.45, 2.75) is 31.3 Å². The van der Waals surface area contributed by atoms with Crippen molar-refractivity contribution in [1.82, 2.24) is 9.29 Å². The first-order chi connectivity index (χ1) is 15.2. The van der Waals surface area contributed by atoms with Gasteiger partial charge in [-0.05, 0) is 66.1 Å². The van der Waals surface area contributed by atoms with E-state index in [9.17, 15) is 18.3 Å². The molecule has 3 aromatic rings. The number of aromatic nitrogens is 1. The van der Waals surface area contributed by atoms with Crippen molar-refractivity contribution >= 4 is 31.9 Å². The fourth-order valence-corrected chi connectivity index (χ4v) is 5.17. The van der Waals surface area contributed by atoms with Crippen LogP contribution in [0.5, 0.6) is 11.5 Å². The van der Waals surface area contributed by atoms with Crippen LogP contribution in [0.4, 0.5) is 0 Å². The molecule has 0 radical (unpaired) electrons. The van der Waals surface area contributed by atoms with Gasteiger partial charge in [-0.1, -0.05) is 35.8 Å². The van der Waals surface area contributed by atoms with Crippen LogP contribution in [-0.4, -0.2) is 34.8 Å². The summed E-state index contributed by atoms with van der Waals surface area (Å²) in [6.45, 7) is 3.25. The van der Waals surface area contributed by atoms with E-state index >= 15 is 0 Å². The largest absolute Gasteiger partial charge is 0.480 e. The zero-order chi connectivity index (χ0) is 23.3. The fraction of sp³-hybridized carbons (Fsp3) is 0.217. The molecule has 0 unspecified atom stereocenters. The van der Waals surface area contributed by atoms with Crippen molar-refractivity contribution in [2.24, 2.45) is 5.92 Å². The lowest BCUT2D eigenvalue weighted by atomic mass is 10.0. The molecule has 0 amide bonds. The van der Waals surface area contributed by atoms with E-state index in [-0.39, 0.29) is 11.4 Å². The normalized spacial score (nSPS) is 12.7. The van der Waals surface area contributed by atoms with E-state index in [1.165, 1.54) is 18.3 Å². The third-order valence-corrected chi connectivity index (χ3v) is 7.11. The molecule has 3 rings (SSSR count). The van der Waals surface area contributed by atoms with Crippen LogP contribution in [0.1, 0.15) is 19.4 Å². The molecule has 1 atom stereocenters. The van der Waals surface area contributed by atoms with Gasteiger partial charge in [-0.25, -0.2) is 8.42 Å². The summed E-state index contributed by atoms with van der Waals surface area (Å²) in [5.41, 5.74) is 0.596. The van der Waals surface area contributed by atoms with Crippen LogP contribution in [-0.2, 0) is 21.4 Å². The van der Waals surface area contributed by atoms with Crippen molar-refractivity contribution in [3.63, 3.8) is 0 Å². The Morgan fingerprint density at radius 2 is 1.66 bits per heavy atom. The Morgan fingerprint density at radius 3 is 2.16 bits per heavy atom. The highest BCUT2D eigenvalue weighted by atomic mass is 79.9. The first-order valence-corrected chi connectivity index (χ1v) is 12.1. The lowest BCUT2D eigenvalue weighted by Crippen LogP contribution is -2.47. The van der Waals surface area contributed by atoms with Crippen LogP contribution in [0, 0.1) is 5.92 Å². The molecular formula is C23H23BrN2O5S. The van der Waals surface area contributed by atoms with Crippen LogP contribution in [0.2, 0.25) is 0 Å². The molecule has 9 heteroatoms. The molecule has 7 nitrogen and oxygen atoms in total. The Bertz CT molecular complexity index is 1150. The van der Waals surface area contributed by atoms with Gasteiger partial charge in [0.05, 0.1) is 4.90 Å². The summed E-state index contributed by atoms with van der Waals surface area (Å²) < 4.78 is 34.7. The molecule has 0 saturated carbocycles. The predicted octanol–water partition coefficient (Wildman–Crippen LogP) is 4.94. The number of pyridine rings is 1. The van der Waals surface area contributed by atoms with Gasteiger partial charge >= 0.3 is 5.97 Å². The zero-order valence-corrected chi connectivity index (χ0v) is 20.0. The van der Waals surface area contributed by atoms with Crippen LogP contribution < -0.4 is 4.74 Å². The molecule has 0 spiro atoms. The van der Waals surface area contributed by atoms with Gasteiger partial charge in [0.25, 0.3) is 0 Å². The molecule has 168 valence electrons. The van der Waals surface area contributed by atoms with Gasteiger partial charge in [0, 0.05) is 23.4 Å². The lowest BCUT2D eigenvalue weighted by molar-refractivity contribution is -0.143. The number of benzene rings is 2. The number of ether oxygens (including phenoxy) is 1. The summed E-state index contributed by atoms with van der Waals surface area (Å²) >= 11 is 3.36. The maximum Gasteiger partial charge on any atom is 0.322 e. The lowest BCUT2D eigenvalue weighted by Gasteiger charge is -2.30. The molecule has 0 saturated heterocycles. The molecule has 0 aliphatic heterocycles. The number of sulfonamides is 1. The number of carboxylic acid groups (broad SMARTS) is 1. The molecule has 2 aromatic carbocycles. The Balaban J connectivity index is 1.92. The summed E-state index contributed by atoms with van der Waals surface area (Å²) in [5.74, 6) is -0.585. The van der Waals surface area contributed by atoms with Gasteiger partial charge in [-0.3, -0.25) is 9.78 Å². The summed E-state index contributed by atoms with van der Waals surface area (Å²) in [6.07, 6.45) is 3.10. The van der Waals surface area contributed by atoms with E-state index in [1.54, 1.807) is 56.4 Å². The molecule has 1 N–H and O–H groups in total. The summed E-state index contributed by atoms with van der Waals surface area (Å²) in [4.78, 5) is 16.0. The second-order valence-corrected chi connectivity index (χ2v) is 10.3. The van der Waals surface area contributed by atoms with E-state index in [2.05, 4.69) is 20.9 Å². The van der Waals surface area contributed by atoms with E-state index in [0.717, 1.165) is 8.78 Å². The van der Waals surface area contributed by atoms with E-state index < -0.39 is 28.0 Å². The highest BCUT2D eigenvalue weighted by molar-refractivity contribution is 9.10. The Hall–Kier alpha value is -2.75.